The topological polar surface area (TPSA) is 33.2 Å². The van der Waals surface area contributed by atoms with Crippen LogP contribution in [-0.4, -0.2) is 16.9 Å². The van der Waals surface area contributed by atoms with Gasteiger partial charge in [-0.25, -0.2) is 0 Å². The quantitative estimate of drug-likeness (QED) is 0.860. The van der Waals surface area contributed by atoms with Crippen molar-refractivity contribution >= 4 is 27.5 Å². The number of hydrogen-bond acceptors (Lipinski definition) is 2. The van der Waals surface area contributed by atoms with E-state index < -0.39 is 0 Å². The molecule has 1 amide bonds. The van der Waals surface area contributed by atoms with E-state index in [2.05, 4.69) is 20.9 Å². The van der Waals surface area contributed by atoms with E-state index in [1.807, 2.05) is 44.2 Å². The molecule has 0 saturated heterocycles. The highest BCUT2D eigenvalue weighted by Gasteiger charge is 2.20. The van der Waals surface area contributed by atoms with Crippen molar-refractivity contribution in [2.24, 2.45) is 0 Å². The summed E-state index contributed by atoms with van der Waals surface area (Å²) in [4.78, 5) is 18.4. The number of amides is 1. The summed E-state index contributed by atoms with van der Waals surface area (Å²) in [5, 5.41) is 0. The van der Waals surface area contributed by atoms with Crippen LogP contribution in [0.3, 0.4) is 0 Å². The van der Waals surface area contributed by atoms with Gasteiger partial charge in [0.2, 0.25) is 0 Å². The molecule has 0 aliphatic rings. The molecule has 1 aromatic heterocycles. The predicted octanol–water partition coefficient (Wildman–Crippen LogP) is 3.90. The first-order chi connectivity index (χ1) is 9.09. The molecular weight excluding hydrogens is 304 g/mol. The largest absolute Gasteiger partial charge is 0.306 e. The van der Waals surface area contributed by atoms with E-state index in [0.29, 0.717) is 5.56 Å². The van der Waals surface area contributed by atoms with Crippen molar-refractivity contribution in [2.45, 2.75) is 19.9 Å². The average Bonchev–Trinajstić information content (AvgIpc) is 2.39. The van der Waals surface area contributed by atoms with Gasteiger partial charge >= 0.3 is 0 Å². The van der Waals surface area contributed by atoms with E-state index >= 15 is 0 Å². The predicted molar refractivity (Wildman–Crippen MR) is 80.3 cm³/mol. The minimum Gasteiger partial charge on any atom is -0.306 e. The molecule has 0 aliphatic heterocycles. The Morgan fingerprint density at radius 1 is 1.21 bits per heavy atom. The summed E-state index contributed by atoms with van der Waals surface area (Å²) in [6.45, 7) is 3.99. The lowest BCUT2D eigenvalue weighted by molar-refractivity contribution is 0.0980. The summed E-state index contributed by atoms with van der Waals surface area (Å²) in [5.41, 5.74) is 1.47. The van der Waals surface area contributed by atoms with Crippen molar-refractivity contribution in [3.8, 4) is 0 Å². The van der Waals surface area contributed by atoms with Crippen molar-refractivity contribution in [2.75, 3.05) is 4.90 Å². The molecule has 0 radical (unpaired) electrons. The van der Waals surface area contributed by atoms with Gasteiger partial charge in [-0.05, 0) is 48.0 Å². The van der Waals surface area contributed by atoms with Gasteiger partial charge in [0, 0.05) is 28.6 Å². The van der Waals surface area contributed by atoms with Crippen LogP contribution in [0.15, 0.2) is 53.3 Å². The minimum absolute atomic E-state index is 0.0463. The van der Waals surface area contributed by atoms with Crippen LogP contribution in [0, 0.1) is 0 Å². The van der Waals surface area contributed by atoms with E-state index in [1.54, 1.807) is 23.4 Å². The van der Waals surface area contributed by atoms with E-state index in [4.69, 9.17) is 0 Å². The smallest absolute Gasteiger partial charge is 0.260 e. The maximum absolute atomic E-state index is 12.6. The fourth-order valence-electron chi connectivity index (χ4n) is 1.91. The zero-order chi connectivity index (χ0) is 13.8. The van der Waals surface area contributed by atoms with Crippen molar-refractivity contribution < 1.29 is 4.79 Å². The van der Waals surface area contributed by atoms with E-state index in [0.717, 1.165) is 10.2 Å². The molecule has 19 heavy (non-hydrogen) atoms. The van der Waals surface area contributed by atoms with Crippen LogP contribution in [0.1, 0.15) is 24.2 Å². The van der Waals surface area contributed by atoms with E-state index in [9.17, 15) is 4.79 Å². The first kappa shape index (κ1) is 13.7. The summed E-state index contributed by atoms with van der Waals surface area (Å²) in [7, 11) is 0. The number of nitrogens with zero attached hydrogens (tertiary/aromatic N) is 2. The Labute approximate surface area is 121 Å². The lowest BCUT2D eigenvalue weighted by atomic mass is 10.2. The zero-order valence-electron chi connectivity index (χ0n) is 10.9. The summed E-state index contributed by atoms with van der Waals surface area (Å²) < 4.78 is 0.801. The molecule has 4 heteroatoms. The van der Waals surface area contributed by atoms with Gasteiger partial charge in [-0.3, -0.25) is 9.78 Å². The Balaban J connectivity index is 2.38. The van der Waals surface area contributed by atoms with Gasteiger partial charge < -0.3 is 4.90 Å². The number of halogens is 1. The Morgan fingerprint density at radius 2 is 1.89 bits per heavy atom. The number of anilines is 1. The molecule has 0 fully saturated rings. The Hall–Kier alpha value is -1.68. The second kappa shape index (κ2) is 5.97. The van der Waals surface area contributed by atoms with Crippen LogP contribution < -0.4 is 4.90 Å². The Morgan fingerprint density at radius 3 is 2.47 bits per heavy atom. The number of carbonyl (C=O) groups excluding carboxylic acids is 1. The van der Waals surface area contributed by atoms with Gasteiger partial charge in [0.25, 0.3) is 5.91 Å². The summed E-state index contributed by atoms with van der Waals surface area (Å²) in [5.74, 6) is -0.0463. The maximum Gasteiger partial charge on any atom is 0.260 e. The second-order valence-electron chi connectivity index (χ2n) is 4.50. The molecule has 0 bridgehead atoms. The zero-order valence-corrected chi connectivity index (χ0v) is 12.5. The van der Waals surface area contributed by atoms with Gasteiger partial charge in [0.1, 0.15) is 0 Å². The van der Waals surface area contributed by atoms with Crippen molar-refractivity contribution in [1.82, 2.24) is 4.98 Å². The Kier molecular flexibility index (Phi) is 4.32. The molecule has 2 rings (SSSR count). The standard InChI is InChI=1S/C15H15BrN2O/c1-11(2)18(14-6-4-3-5-7-14)15(19)12-8-13(16)10-17-9-12/h3-11H,1-2H3. The van der Waals surface area contributed by atoms with Crippen LogP contribution in [-0.2, 0) is 0 Å². The van der Waals surface area contributed by atoms with Crippen LogP contribution in [0.2, 0.25) is 0 Å². The molecule has 0 atom stereocenters. The highest BCUT2D eigenvalue weighted by atomic mass is 79.9. The molecule has 0 saturated carbocycles. The van der Waals surface area contributed by atoms with Crippen LogP contribution in [0.5, 0.6) is 0 Å². The molecule has 98 valence electrons. The number of para-hydroxylation sites is 1. The molecule has 0 unspecified atom stereocenters. The molecule has 2 aromatic rings. The minimum atomic E-state index is -0.0463. The monoisotopic (exact) mass is 318 g/mol. The van der Waals surface area contributed by atoms with Crippen molar-refractivity contribution in [1.29, 1.82) is 0 Å². The van der Waals surface area contributed by atoms with E-state index in [1.165, 1.54) is 0 Å². The van der Waals surface area contributed by atoms with Gasteiger partial charge in [-0.15, -0.1) is 0 Å². The number of carbonyl (C=O) groups is 1. The second-order valence-corrected chi connectivity index (χ2v) is 5.41. The first-order valence-corrected chi connectivity index (χ1v) is 6.88. The SMILES string of the molecule is CC(C)N(C(=O)c1cncc(Br)c1)c1ccccc1. The highest BCUT2D eigenvalue weighted by molar-refractivity contribution is 9.10. The van der Waals surface area contributed by atoms with Gasteiger partial charge in [0.05, 0.1) is 5.56 Å². The van der Waals surface area contributed by atoms with Crippen LogP contribution >= 0.6 is 15.9 Å². The molecule has 1 aromatic carbocycles. The summed E-state index contributed by atoms with van der Waals surface area (Å²) in [6, 6.07) is 11.5. The molecule has 3 nitrogen and oxygen atoms in total. The number of benzene rings is 1. The third-order valence-electron chi connectivity index (χ3n) is 2.72. The molecule has 1 heterocycles. The normalized spacial score (nSPS) is 10.5. The summed E-state index contributed by atoms with van der Waals surface area (Å²) >= 11 is 3.34. The van der Waals surface area contributed by atoms with Crippen LogP contribution in [0.4, 0.5) is 5.69 Å². The van der Waals surface area contributed by atoms with Gasteiger partial charge in [0.15, 0.2) is 0 Å². The molecule has 0 aliphatic carbocycles. The number of hydrogen-bond donors (Lipinski definition) is 0. The van der Waals surface area contributed by atoms with Gasteiger partial charge in [-0.1, -0.05) is 18.2 Å². The van der Waals surface area contributed by atoms with Crippen LogP contribution in [0.25, 0.3) is 0 Å². The lowest BCUT2D eigenvalue weighted by Crippen LogP contribution is -2.37. The maximum atomic E-state index is 12.6. The molecule has 0 spiro atoms. The number of rotatable bonds is 3. The highest BCUT2D eigenvalue weighted by Crippen LogP contribution is 2.20. The number of pyridine rings is 1. The third kappa shape index (κ3) is 3.20. The third-order valence-corrected chi connectivity index (χ3v) is 3.16. The molecule has 0 N–H and O–H groups in total. The van der Waals surface area contributed by atoms with Gasteiger partial charge in [-0.2, -0.15) is 0 Å². The number of aromatic nitrogens is 1. The first-order valence-electron chi connectivity index (χ1n) is 6.09. The summed E-state index contributed by atoms with van der Waals surface area (Å²) in [6.07, 6.45) is 3.25. The average molecular weight is 319 g/mol. The van der Waals surface area contributed by atoms with Crippen molar-refractivity contribution in [3.05, 3.63) is 58.8 Å². The Bertz CT molecular complexity index is 569. The van der Waals surface area contributed by atoms with Crippen molar-refractivity contribution in [3.63, 3.8) is 0 Å². The van der Waals surface area contributed by atoms with E-state index in [-0.39, 0.29) is 11.9 Å². The molecular formula is C15H15BrN2O. The lowest BCUT2D eigenvalue weighted by Gasteiger charge is -2.26. The fourth-order valence-corrected chi connectivity index (χ4v) is 2.27. The fraction of sp³-hybridized carbons (Fsp3) is 0.200.